The van der Waals surface area contributed by atoms with Crippen LogP contribution in [0, 0.1) is 12.8 Å². The van der Waals surface area contributed by atoms with Crippen LogP contribution in [-0.4, -0.2) is 37.1 Å². The largest absolute Gasteiger partial charge is 0.467 e. The van der Waals surface area contributed by atoms with Crippen LogP contribution in [-0.2, 0) is 25.7 Å². The number of hydrogen-bond donors (Lipinski definition) is 2. The molecule has 0 bridgehead atoms. The van der Waals surface area contributed by atoms with Gasteiger partial charge in [-0.1, -0.05) is 56.2 Å². The zero-order chi connectivity index (χ0) is 25.8. The van der Waals surface area contributed by atoms with Crippen LogP contribution < -0.4 is 10.6 Å². The van der Waals surface area contributed by atoms with Gasteiger partial charge in [0.15, 0.2) is 0 Å². The molecule has 2 amide bonds. The second kappa shape index (κ2) is 14.3. The van der Waals surface area contributed by atoms with Gasteiger partial charge in [-0.25, -0.2) is 9.18 Å². The minimum atomic E-state index is -0.940. The monoisotopic (exact) mass is 474 g/mol. The van der Waals surface area contributed by atoms with Crippen molar-refractivity contribution >= 4 is 17.8 Å². The van der Waals surface area contributed by atoms with Gasteiger partial charge in [0.2, 0.25) is 0 Å². The van der Waals surface area contributed by atoms with Crippen LogP contribution in [0.4, 0.5) is 4.39 Å². The highest BCUT2D eigenvalue weighted by Crippen LogP contribution is 2.19. The number of alkyl halides is 1. The van der Waals surface area contributed by atoms with E-state index < -0.39 is 30.0 Å². The van der Waals surface area contributed by atoms with Crippen LogP contribution in [0.1, 0.15) is 65.0 Å². The molecule has 0 radical (unpaired) electrons. The number of hydrogen-bond acceptors (Lipinski definition) is 4. The summed E-state index contributed by atoms with van der Waals surface area (Å²) in [6, 6.07) is 6.81. The highest BCUT2D eigenvalue weighted by molar-refractivity contribution is 6.19. The van der Waals surface area contributed by atoms with E-state index >= 15 is 0 Å². The fraction of sp³-hybridized carbons (Fsp3) is 0.519. The molecule has 2 atom stereocenters. The Labute approximate surface area is 203 Å². The van der Waals surface area contributed by atoms with Gasteiger partial charge in [0, 0.05) is 6.54 Å². The van der Waals surface area contributed by atoms with Crippen molar-refractivity contribution in [3.05, 3.63) is 58.2 Å². The first kappa shape index (κ1) is 29.1. The molecule has 0 saturated heterocycles. The van der Waals surface area contributed by atoms with Gasteiger partial charge in [-0.15, -0.1) is 0 Å². The minimum Gasteiger partial charge on any atom is -0.467 e. The van der Waals surface area contributed by atoms with E-state index in [1.54, 1.807) is 19.9 Å². The number of halogens is 1. The van der Waals surface area contributed by atoms with Crippen molar-refractivity contribution in [2.45, 2.75) is 79.6 Å². The van der Waals surface area contributed by atoms with Crippen LogP contribution in [0.5, 0.6) is 0 Å². The first-order valence-corrected chi connectivity index (χ1v) is 11.8. The van der Waals surface area contributed by atoms with E-state index in [0.29, 0.717) is 19.3 Å². The molecule has 0 aliphatic rings. The summed E-state index contributed by atoms with van der Waals surface area (Å²) in [4.78, 5) is 38.5. The number of methoxy groups -OCH3 is 1. The van der Waals surface area contributed by atoms with E-state index in [1.165, 1.54) is 14.0 Å². The first-order chi connectivity index (χ1) is 16.0. The molecular weight excluding hydrogens is 435 g/mol. The maximum Gasteiger partial charge on any atom is 0.328 e. The Morgan fingerprint density at radius 3 is 2.21 bits per heavy atom. The topological polar surface area (TPSA) is 84.5 Å². The molecular formula is C27H39FN2O4. The fourth-order valence-electron chi connectivity index (χ4n) is 3.34. The van der Waals surface area contributed by atoms with Crippen LogP contribution in [0.3, 0.4) is 0 Å². The smallest absolute Gasteiger partial charge is 0.328 e. The molecule has 0 heterocycles. The molecule has 1 unspecified atom stereocenters. The Bertz CT molecular complexity index is 902. The molecule has 0 fully saturated rings. The lowest BCUT2D eigenvalue weighted by molar-refractivity contribution is -0.146. The van der Waals surface area contributed by atoms with Gasteiger partial charge in [0.1, 0.15) is 11.6 Å². The number of carbonyl (C=O) groups is 3. The highest BCUT2D eigenvalue weighted by atomic mass is 19.1. The van der Waals surface area contributed by atoms with Crippen LogP contribution in [0.2, 0.25) is 0 Å². The summed E-state index contributed by atoms with van der Waals surface area (Å²) in [5.74, 6) is -2.03. The maximum absolute atomic E-state index is 13.4. The number of benzene rings is 1. The number of carbonyl (C=O) groups excluding carboxylic acids is 3. The number of allylic oxidation sites excluding steroid dienone is 3. The molecule has 0 saturated carbocycles. The summed E-state index contributed by atoms with van der Waals surface area (Å²) in [5, 5.41) is 5.44. The van der Waals surface area contributed by atoms with Crippen molar-refractivity contribution in [1.29, 1.82) is 0 Å². The van der Waals surface area contributed by atoms with Gasteiger partial charge in [-0.05, 0) is 63.2 Å². The van der Waals surface area contributed by atoms with E-state index in [0.717, 1.165) is 22.3 Å². The van der Waals surface area contributed by atoms with Crippen LogP contribution >= 0.6 is 0 Å². The van der Waals surface area contributed by atoms with E-state index in [-0.39, 0.29) is 18.0 Å². The molecule has 188 valence electrons. The molecule has 2 N–H and O–H groups in total. The summed E-state index contributed by atoms with van der Waals surface area (Å²) >= 11 is 0. The molecule has 7 heteroatoms. The standard InChI is InChI=1S/C27H39FN2O4/c1-8-22(19(5)11-12-20(6)28)15-23(26(32)30-24(17(2)3)27(33)34-7)25(31)29-16-21-13-9-18(4)10-14-21/h9-10,13-15,17,20,24H,8,11-12,16H2,1-7H3,(H,29,31)(H,30,32)/b22-19+,23-15+/t20?,24-/m0/s1. The molecule has 0 spiro atoms. The van der Waals surface area contributed by atoms with Crippen molar-refractivity contribution in [3.63, 3.8) is 0 Å². The molecule has 0 aromatic heterocycles. The van der Waals surface area contributed by atoms with Gasteiger partial charge in [0.05, 0.1) is 13.3 Å². The lowest BCUT2D eigenvalue weighted by Gasteiger charge is -2.21. The minimum absolute atomic E-state index is 0.105. The summed E-state index contributed by atoms with van der Waals surface area (Å²) in [7, 11) is 1.25. The average Bonchev–Trinajstić information content (AvgIpc) is 2.80. The van der Waals surface area contributed by atoms with E-state index in [2.05, 4.69) is 10.6 Å². The number of aryl methyl sites for hydroxylation is 1. The van der Waals surface area contributed by atoms with Crippen molar-refractivity contribution < 1.29 is 23.5 Å². The zero-order valence-electron chi connectivity index (χ0n) is 21.5. The van der Waals surface area contributed by atoms with Gasteiger partial charge in [-0.3, -0.25) is 9.59 Å². The highest BCUT2D eigenvalue weighted by Gasteiger charge is 2.28. The van der Waals surface area contributed by atoms with Crippen molar-refractivity contribution in [3.8, 4) is 0 Å². The molecule has 6 nitrogen and oxygen atoms in total. The predicted octanol–water partition coefficient (Wildman–Crippen LogP) is 4.72. The Morgan fingerprint density at radius 1 is 1.09 bits per heavy atom. The van der Waals surface area contributed by atoms with Gasteiger partial charge < -0.3 is 15.4 Å². The quantitative estimate of drug-likeness (QED) is 0.151. The summed E-state index contributed by atoms with van der Waals surface area (Å²) in [5.41, 5.74) is 3.60. The summed E-state index contributed by atoms with van der Waals surface area (Å²) in [6.07, 6.45) is 2.06. The second-order valence-corrected chi connectivity index (χ2v) is 8.92. The van der Waals surface area contributed by atoms with E-state index in [4.69, 9.17) is 4.74 Å². The van der Waals surface area contributed by atoms with Crippen molar-refractivity contribution in [2.75, 3.05) is 7.11 Å². The lowest BCUT2D eigenvalue weighted by Crippen LogP contribution is -2.47. The summed E-state index contributed by atoms with van der Waals surface area (Å²) < 4.78 is 18.2. The fourth-order valence-corrected chi connectivity index (χ4v) is 3.34. The van der Waals surface area contributed by atoms with Crippen LogP contribution in [0.15, 0.2) is 47.1 Å². The third-order valence-electron chi connectivity index (χ3n) is 5.64. The SMILES string of the molecule is CCC(/C=C(\C(=O)NCc1ccc(C)cc1)C(=O)N[C@H](C(=O)OC)C(C)C)=C(/C)CCC(C)F. The Balaban J connectivity index is 3.27. The number of nitrogens with one attached hydrogen (secondary N) is 2. The lowest BCUT2D eigenvalue weighted by atomic mass is 9.98. The molecule has 1 aromatic rings. The number of ether oxygens (including phenoxy) is 1. The maximum atomic E-state index is 13.4. The van der Waals surface area contributed by atoms with Crippen molar-refractivity contribution in [1.82, 2.24) is 10.6 Å². The third kappa shape index (κ3) is 9.49. The predicted molar refractivity (Wildman–Crippen MR) is 133 cm³/mol. The van der Waals surface area contributed by atoms with Gasteiger partial charge in [-0.2, -0.15) is 0 Å². The molecule has 0 aliphatic carbocycles. The zero-order valence-corrected chi connectivity index (χ0v) is 21.5. The molecule has 1 rings (SSSR count). The molecule has 34 heavy (non-hydrogen) atoms. The number of amides is 2. The third-order valence-corrected chi connectivity index (χ3v) is 5.64. The first-order valence-electron chi connectivity index (χ1n) is 11.8. The Kier molecular flexibility index (Phi) is 12.3. The van der Waals surface area contributed by atoms with Gasteiger partial charge in [0.25, 0.3) is 11.8 Å². The van der Waals surface area contributed by atoms with E-state index in [1.807, 2.05) is 45.0 Å². The average molecular weight is 475 g/mol. The summed E-state index contributed by atoms with van der Waals surface area (Å²) in [6.45, 7) is 11.1. The molecule has 0 aliphatic heterocycles. The van der Waals surface area contributed by atoms with Crippen LogP contribution in [0.25, 0.3) is 0 Å². The Hall–Kier alpha value is -2.96. The number of esters is 1. The van der Waals surface area contributed by atoms with E-state index in [9.17, 15) is 18.8 Å². The van der Waals surface area contributed by atoms with Gasteiger partial charge >= 0.3 is 5.97 Å². The number of rotatable bonds is 12. The second-order valence-electron chi connectivity index (χ2n) is 8.92. The Morgan fingerprint density at radius 2 is 1.71 bits per heavy atom. The molecule has 1 aromatic carbocycles. The van der Waals surface area contributed by atoms with Crippen molar-refractivity contribution in [2.24, 2.45) is 5.92 Å². The normalized spacial score (nSPS) is 14.2.